The Morgan fingerprint density at radius 1 is 1.07 bits per heavy atom. The van der Waals surface area contributed by atoms with E-state index in [1.165, 1.54) is 0 Å². The molecule has 0 rings (SSSR count). The molecule has 2 N–H and O–H groups in total. The van der Waals surface area contributed by atoms with E-state index in [9.17, 15) is 19.5 Å². The molecule has 0 aliphatic carbocycles. The van der Waals surface area contributed by atoms with Gasteiger partial charge in [0, 0.05) is 0 Å². The Bertz CT molecular complexity index is 256. The highest BCUT2D eigenvalue weighted by Gasteiger charge is 2.47. The molecule has 0 heterocycles. The fourth-order valence-electron chi connectivity index (χ4n) is 1.20. The Kier molecular flexibility index (Phi) is 4.09. The van der Waals surface area contributed by atoms with Gasteiger partial charge >= 0.3 is 0 Å². The summed E-state index contributed by atoms with van der Waals surface area (Å²) in [5.41, 5.74) is -2.36. The molecule has 1 atom stereocenters. The maximum atomic E-state index is 11.0. The fourth-order valence-corrected chi connectivity index (χ4v) is 1.20. The third-order valence-electron chi connectivity index (χ3n) is 1.93. The Morgan fingerprint density at radius 2 is 1.43 bits per heavy atom. The van der Waals surface area contributed by atoms with Gasteiger partial charge in [-0.15, -0.1) is 0 Å². The molecule has 79 valence electrons. The van der Waals surface area contributed by atoms with E-state index in [0.717, 1.165) is 20.8 Å². The number of carbonyl (C=O) groups excluding carboxylic acids is 3. The van der Waals surface area contributed by atoms with Crippen LogP contribution < -0.4 is 0 Å². The topological polar surface area (TPSA) is 91.7 Å². The van der Waals surface area contributed by atoms with Crippen LogP contribution in [0.4, 0.5) is 0 Å². The number of Topliss-reactive ketones (excluding diaryl/α,β-unsaturated/α-hetero) is 3. The second-order valence-electron chi connectivity index (χ2n) is 3.06. The largest absolute Gasteiger partial charge is 0.393 e. The lowest BCUT2D eigenvalue weighted by Gasteiger charge is -2.27. The fraction of sp³-hybridized carbons (Fsp3) is 0.556. The van der Waals surface area contributed by atoms with Gasteiger partial charge in [0.15, 0.2) is 11.4 Å². The van der Waals surface area contributed by atoms with Crippen LogP contribution in [0, 0.1) is 5.92 Å². The van der Waals surface area contributed by atoms with Crippen molar-refractivity contribution in [2.24, 2.45) is 0 Å². The van der Waals surface area contributed by atoms with Crippen LogP contribution in [0.5, 0.6) is 0 Å². The lowest BCUT2D eigenvalue weighted by Crippen LogP contribution is -2.52. The lowest BCUT2D eigenvalue weighted by molar-refractivity contribution is -0.144. The summed E-state index contributed by atoms with van der Waals surface area (Å²) in [6, 6.07) is 0. The highest BCUT2D eigenvalue weighted by Crippen LogP contribution is 2.22. The molecular weight excluding hydrogens is 188 g/mol. The summed E-state index contributed by atoms with van der Waals surface area (Å²) in [6.07, 6.45) is 0. The average Bonchev–Trinajstić information content (AvgIpc) is 2.02. The van der Waals surface area contributed by atoms with Crippen molar-refractivity contribution >= 4 is 17.3 Å². The third kappa shape index (κ3) is 2.24. The first-order valence-corrected chi connectivity index (χ1v) is 4.01. The van der Waals surface area contributed by atoms with E-state index in [1.54, 1.807) is 0 Å². The number of hydrogen-bond donors (Lipinski definition) is 2. The molecule has 1 unspecified atom stereocenters. The summed E-state index contributed by atoms with van der Waals surface area (Å²) >= 11 is 0. The minimum absolute atomic E-state index is 0.576. The lowest BCUT2D eigenvalue weighted by atomic mass is 9.80. The molecule has 1 radical (unpaired) electrons. The van der Waals surface area contributed by atoms with Gasteiger partial charge in [0.25, 0.3) is 0 Å². The highest BCUT2D eigenvalue weighted by atomic mass is 16.3. The molecule has 5 heteroatoms. The summed E-state index contributed by atoms with van der Waals surface area (Å²) in [6.45, 7) is 2.14. The Morgan fingerprint density at radius 3 is 1.50 bits per heavy atom. The quantitative estimate of drug-likeness (QED) is 0.559. The van der Waals surface area contributed by atoms with E-state index in [4.69, 9.17) is 5.11 Å². The molecule has 0 aromatic rings. The smallest absolute Gasteiger partial charge is 0.166 e. The van der Waals surface area contributed by atoms with E-state index in [1.807, 2.05) is 0 Å². The number of hydrogen-bond acceptors (Lipinski definition) is 5. The third-order valence-corrected chi connectivity index (χ3v) is 1.93. The molecule has 14 heavy (non-hydrogen) atoms. The molecule has 5 nitrogen and oxygen atoms in total. The van der Waals surface area contributed by atoms with Gasteiger partial charge in [-0.1, -0.05) is 0 Å². The zero-order valence-electron chi connectivity index (χ0n) is 8.33. The second kappa shape index (κ2) is 4.43. The first-order chi connectivity index (χ1) is 6.27. The van der Waals surface area contributed by atoms with Gasteiger partial charge in [-0.25, -0.2) is 0 Å². The molecule has 0 aliphatic rings. The predicted molar refractivity (Wildman–Crippen MR) is 47.3 cm³/mol. The van der Waals surface area contributed by atoms with Crippen molar-refractivity contribution in [3.8, 4) is 0 Å². The summed E-state index contributed by atoms with van der Waals surface area (Å²) in [5.74, 6) is -2.85. The zero-order chi connectivity index (χ0) is 11.5. The van der Waals surface area contributed by atoms with Crippen molar-refractivity contribution < 1.29 is 24.6 Å². The molecule has 0 aliphatic heterocycles. The maximum absolute atomic E-state index is 11.0. The first-order valence-electron chi connectivity index (χ1n) is 4.01. The standard InChI is InChI=1S/C9H13O5/c1-5(11)8(6(2)12)9(14,4-10)7(3)13/h10,14H,4H2,1-3H3. The van der Waals surface area contributed by atoms with E-state index in [2.05, 4.69) is 0 Å². The SMILES string of the molecule is CC(=O)[C](C(C)=O)C(O)(CO)C(C)=O. The van der Waals surface area contributed by atoms with Crippen LogP contribution in [-0.2, 0) is 14.4 Å². The molecule has 0 aromatic carbocycles. The molecular formula is C9H13O5. The molecule has 0 spiro atoms. The van der Waals surface area contributed by atoms with Crippen molar-refractivity contribution in [3.05, 3.63) is 5.92 Å². The van der Waals surface area contributed by atoms with Crippen molar-refractivity contribution in [2.75, 3.05) is 6.61 Å². The number of aliphatic hydroxyl groups is 2. The first kappa shape index (κ1) is 12.9. The minimum atomic E-state index is -2.36. The summed E-state index contributed by atoms with van der Waals surface area (Å²) in [4.78, 5) is 33.0. The average molecular weight is 201 g/mol. The van der Waals surface area contributed by atoms with E-state index in [-0.39, 0.29) is 0 Å². The summed E-state index contributed by atoms with van der Waals surface area (Å²) in [5, 5.41) is 18.4. The molecule has 0 aromatic heterocycles. The minimum Gasteiger partial charge on any atom is -0.393 e. The Labute approximate surface area is 81.7 Å². The van der Waals surface area contributed by atoms with Gasteiger partial charge in [-0.2, -0.15) is 0 Å². The van der Waals surface area contributed by atoms with Gasteiger partial charge in [-0.05, 0) is 20.8 Å². The highest BCUT2D eigenvalue weighted by molar-refractivity contribution is 6.20. The van der Waals surface area contributed by atoms with Crippen LogP contribution in [-0.4, -0.2) is 39.8 Å². The van der Waals surface area contributed by atoms with Gasteiger partial charge < -0.3 is 10.2 Å². The number of carbonyl (C=O) groups is 3. The van der Waals surface area contributed by atoms with Crippen LogP contribution in [0.2, 0.25) is 0 Å². The van der Waals surface area contributed by atoms with Crippen LogP contribution in [0.3, 0.4) is 0 Å². The van der Waals surface area contributed by atoms with Crippen molar-refractivity contribution in [1.82, 2.24) is 0 Å². The van der Waals surface area contributed by atoms with Crippen molar-refractivity contribution in [3.63, 3.8) is 0 Å². The van der Waals surface area contributed by atoms with Gasteiger partial charge in [-0.3, -0.25) is 14.4 Å². The molecule has 0 saturated heterocycles. The Hall–Kier alpha value is -1.07. The maximum Gasteiger partial charge on any atom is 0.166 e. The zero-order valence-corrected chi connectivity index (χ0v) is 8.33. The van der Waals surface area contributed by atoms with E-state index in [0.29, 0.717) is 0 Å². The van der Waals surface area contributed by atoms with Gasteiger partial charge in [0.2, 0.25) is 0 Å². The molecule has 0 amide bonds. The van der Waals surface area contributed by atoms with Gasteiger partial charge in [0.1, 0.15) is 17.5 Å². The molecule has 0 bridgehead atoms. The predicted octanol–water partition coefficient (Wildman–Crippen LogP) is -0.949. The number of aliphatic hydroxyl groups excluding tert-OH is 1. The van der Waals surface area contributed by atoms with Crippen LogP contribution in [0.1, 0.15) is 20.8 Å². The van der Waals surface area contributed by atoms with E-state index >= 15 is 0 Å². The van der Waals surface area contributed by atoms with Crippen LogP contribution in [0.15, 0.2) is 0 Å². The number of ketones is 3. The van der Waals surface area contributed by atoms with Crippen molar-refractivity contribution in [2.45, 2.75) is 26.4 Å². The molecule has 0 saturated carbocycles. The second-order valence-corrected chi connectivity index (χ2v) is 3.06. The van der Waals surface area contributed by atoms with Crippen LogP contribution >= 0.6 is 0 Å². The molecule has 0 fully saturated rings. The number of rotatable bonds is 5. The van der Waals surface area contributed by atoms with Crippen LogP contribution in [0.25, 0.3) is 0 Å². The normalized spacial score (nSPS) is 15.0. The Balaban J connectivity index is 5.25. The summed E-state index contributed by atoms with van der Waals surface area (Å²) in [7, 11) is 0. The summed E-state index contributed by atoms with van der Waals surface area (Å²) < 4.78 is 0. The van der Waals surface area contributed by atoms with Gasteiger partial charge in [0.05, 0.1) is 6.61 Å². The van der Waals surface area contributed by atoms with Crippen molar-refractivity contribution in [1.29, 1.82) is 0 Å². The monoisotopic (exact) mass is 201 g/mol. The van der Waals surface area contributed by atoms with E-state index < -0.39 is 35.5 Å².